The molecule has 1 N–H and O–H groups in total. The van der Waals surface area contributed by atoms with Gasteiger partial charge in [-0.2, -0.15) is 15.2 Å². The molecule has 72 heavy (non-hydrogen) atoms. The van der Waals surface area contributed by atoms with E-state index in [0.29, 0.717) is 89.9 Å². The van der Waals surface area contributed by atoms with Crippen LogP contribution in [0.2, 0.25) is 0 Å². The number of rotatable bonds is 9. The number of nitrogens with one attached hydrogen (secondary N) is 1. The molecule has 2 amide bonds. The number of pyridine rings is 2. The number of hydrogen-bond donors (Lipinski definition) is 1. The van der Waals surface area contributed by atoms with Crippen LogP contribution in [0.1, 0.15) is 95.3 Å². The lowest BCUT2D eigenvalue weighted by atomic mass is 9.81. The van der Waals surface area contributed by atoms with Crippen LogP contribution < -0.4 is 25.4 Å². The van der Waals surface area contributed by atoms with E-state index in [1.54, 1.807) is 30.4 Å². The Bertz CT molecular complexity index is 3430. The average molecular weight is 972 g/mol. The summed E-state index contributed by atoms with van der Waals surface area (Å²) < 4.78 is 34.1. The van der Waals surface area contributed by atoms with Crippen LogP contribution in [0.15, 0.2) is 65.5 Å². The SMILES string of the molecule is C=C(C(=O)N1CCN(c2nc(OC)nc3c2CCN(c2cccc4cccc(C)c24)C3)CC1CC#N)C(C)OC(=O)NC1CCc2c(C)c(F)cc3nc4c(c1c23)Cn1c-4cc2c(c1=O)COC(=O)C2CC. The molecule has 368 valence electrons. The number of alkyl carbamates (subject to hydrolysis) is 1. The maximum atomic E-state index is 15.5. The van der Waals surface area contributed by atoms with Gasteiger partial charge >= 0.3 is 18.1 Å². The van der Waals surface area contributed by atoms with Gasteiger partial charge in [-0.3, -0.25) is 14.4 Å². The van der Waals surface area contributed by atoms with E-state index in [1.807, 2.05) is 13.0 Å². The molecule has 0 radical (unpaired) electrons. The highest BCUT2D eigenvalue weighted by Crippen LogP contribution is 2.46. The van der Waals surface area contributed by atoms with Crippen LogP contribution in [0.3, 0.4) is 0 Å². The van der Waals surface area contributed by atoms with Gasteiger partial charge < -0.3 is 38.8 Å². The van der Waals surface area contributed by atoms with Gasteiger partial charge in [-0.25, -0.2) is 14.2 Å². The first-order chi connectivity index (χ1) is 34.8. The van der Waals surface area contributed by atoms with E-state index < -0.39 is 41.9 Å². The van der Waals surface area contributed by atoms with Crippen molar-refractivity contribution in [2.45, 2.75) is 104 Å². The summed E-state index contributed by atoms with van der Waals surface area (Å²) in [4.78, 5) is 75.9. The third kappa shape index (κ3) is 7.57. The quantitative estimate of drug-likeness (QED) is 0.111. The summed E-state index contributed by atoms with van der Waals surface area (Å²) in [6.07, 6.45) is 0.178. The molecule has 0 saturated carbocycles. The van der Waals surface area contributed by atoms with Crippen molar-refractivity contribution in [2.75, 3.05) is 43.1 Å². The number of aryl methyl sites for hydroxylation is 2. The first kappa shape index (κ1) is 46.5. The smallest absolute Gasteiger partial charge is 0.408 e. The van der Waals surface area contributed by atoms with E-state index in [-0.39, 0.29) is 49.2 Å². The fourth-order valence-corrected chi connectivity index (χ4v) is 11.8. The van der Waals surface area contributed by atoms with Crippen molar-refractivity contribution in [1.29, 1.82) is 5.26 Å². The fourth-order valence-electron chi connectivity index (χ4n) is 11.8. The number of nitrogens with zero attached hydrogens (tertiary/aromatic N) is 8. The Morgan fingerprint density at radius 2 is 1.79 bits per heavy atom. The van der Waals surface area contributed by atoms with E-state index in [2.05, 4.69) is 71.1 Å². The van der Waals surface area contributed by atoms with Gasteiger partial charge in [0.25, 0.3) is 11.5 Å². The summed E-state index contributed by atoms with van der Waals surface area (Å²) in [6, 6.07) is 17.3. The molecule has 1 aliphatic carbocycles. The molecule has 1 saturated heterocycles. The van der Waals surface area contributed by atoms with Crippen LogP contribution in [0, 0.1) is 31.0 Å². The lowest BCUT2D eigenvalue weighted by Gasteiger charge is -2.43. The highest BCUT2D eigenvalue weighted by Gasteiger charge is 2.40. The molecule has 3 aromatic carbocycles. The number of carbonyl (C=O) groups excluding carboxylic acids is 3. The molecule has 6 aromatic rings. The summed E-state index contributed by atoms with van der Waals surface area (Å²) >= 11 is 0. The van der Waals surface area contributed by atoms with Crippen molar-refractivity contribution >= 4 is 51.2 Å². The number of esters is 1. The third-order valence-electron chi connectivity index (χ3n) is 15.5. The van der Waals surface area contributed by atoms with Crippen molar-refractivity contribution in [3.05, 3.63) is 127 Å². The zero-order valence-electron chi connectivity index (χ0n) is 40.9. The second-order valence-corrected chi connectivity index (χ2v) is 19.5. The molecule has 16 nitrogen and oxygen atoms in total. The van der Waals surface area contributed by atoms with Crippen LogP contribution >= 0.6 is 0 Å². The molecule has 4 aliphatic heterocycles. The maximum Gasteiger partial charge on any atom is 0.408 e. The number of anilines is 2. The molecule has 17 heteroatoms. The molecule has 1 fully saturated rings. The number of cyclic esters (lactones) is 1. The van der Waals surface area contributed by atoms with Gasteiger partial charge in [-0.15, -0.1) is 0 Å². The average Bonchev–Trinajstić information content (AvgIpc) is 3.75. The molecule has 4 unspecified atom stereocenters. The Hall–Kier alpha value is -7.87. The van der Waals surface area contributed by atoms with Gasteiger partial charge in [-0.1, -0.05) is 43.8 Å². The molecule has 4 atom stereocenters. The van der Waals surface area contributed by atoms with Crippen molar-refractivity contribution in [1.82, 2.24) is 29.7 Å². The van der Waals surface area contributed by atoms with E-state index in [1.165, 1.54) is 22.4 Å². The number of methoxy groups -OCH3 is 1. The molecule has 0 spiro atoms. The van der Waals surface area contributed by atoms with Gasteiger partial charge in [0.15, 0.2) is 0 Å². The molecule has 7 heterocycles. The lowest BCUT2D eigenvalue weighted by Crippen LogP contribution is -2.56. The van der Waals surface area contributed by atoms with Gasteiger partial charge in [0.1, 0.15) is 24.3 Å². The Kier molecular flexibility index (Phi) is 11.7. The van der Waals surface area contributed by atoms with E-state index in [0.717, 1.165) is 40.4 Å². The van der Waals surface area contributed by atoms with Gasteiger partial charge in [0.2, 0.25) is 0 Å². The number of amides is 2. The first-order valence-electron chi connectivity index (χ1n) is 24.6. The minimum absolute atomic E-state index is 0.0464. The maximum absolute atomic E-state index is 15.5. The Morgan fingerprint density at radius 1 is 0.986 bits per heavy atom. The van der Waals surface area contributed by atoms with E-state index >= 15 is 4.39 Å². The van der Waals surface area contributed by atoms with Crippen molar-refractivity contribution in [3.8, 4) is 23.5 Å². The second kappa shape index (κ2) is 18.1. The zero-order chi connectivity index (χ0) is 50.3. The molecule has 5 aliphatic rings. The summed E-state index contributed by atoms with van der Waals surface area (Å²) in [5, 5.41) is 16.2. The van der Waals surface area contributed by atoms with Crippen LogP contribution in [0.4, 0.5) is 20.7 Å². The van der Waals surface area contributed by atoms with Gasteiger partial charge in [0, 0.05) is 59.8 Å². The number of fused-ring (bicyclic) bond motifs is 7. The molecule has 3 aromatic heterocycles. The van der Waals surface area contributed by atoms with Crippen molar-refractivity contribution in [2.24, 2.45) is 0 Å². The molecular weight excluding hydrogens is 918 g/mol. The molecule has 0 bridgehead atoms. The third-order valence-corrected chi connectivity index (χ3v) is 15.5. The monoisotopic (exact) mass is 971 g/mol. The van der Waals surface area contributed by atoms with Crippen LogP contribution in [-0.2, 0) is 51.6 Å². The fraction of sp³-hybridized carbons (Fsp3) is 0.382. The Morgan fingerprint density at radius 3 is 2.57 bits per heavy atom. The van der Waals surface area contributed by atoms with Crippen molar-refractivity contribution < 1.29 is 33.0 Å². The predicted molar refractivity (Wildman–Crippen MR) is 267 cm³/mol. The van der Waals surface area contributed by atoms with Gasteiger partial charge in [-0.05, 0) is 91.8 Å². The van der Waals surface area contributed by atoms with E-state index in [9.17, 15) is 24.4 Å². The number of hydrogen-bond acceptors (Lipinski definition) is 13. The number of benzene rings is 3. The number of piperazine rings is 1. The summed E-state index contributed by atoms with van der Waals surface area (Å²) in [5.74, 6) is -1.10. The van der Waals surface area contributed by atoms with Crippen LogP contribution in [0.25, 0.3) is 33.1 Å². The lowest BCUT2D eigenvalue weighted by molar-refractivity contribution is -0.148. The van der Waals surface area contributed by atoms with Crippen LogP contribution in [-0.4, -0.2) is 87.8 Å². The van der Waals surface area contributed by atoms with Gasteiger partial charge in [0.05, 0.1) is 84.4 Å². The summed E-state index contributed by atoms with van der Waals surface area (Å²) in [7, 11) is 1.54. The molecular formula is C55H54FN9O7. The summed E-state index contributed by atoms with van der Waals surface area (Å²) in [6.45, 7) is 13.7. The molecule has 11 rings (SSSR count). The van der Waals surface area contributed by atoms with E-state index in [4.69, 9.17) is 29.2 Å². The summed E-state index contributed by atoms with van der Waals surface area (Å²) in [5.41, 5.74) is 9.11. The topological polar surface area (TPSA) is 185 Å². The number of halogens is 1. The Balaban J connectivity index is 0.810. The number of ether oxygens (including phenoxy) is 3. The van der Waals surface area contributed by atoms with Crippen molar-refractivity contribution in [3.63, 3.8) is 0 Å². The van der Waals surface area contributed by atoms with Crippen LogP contribution in [0.5, 0.6) is 6.01 Å². The largest absolute Gasteiger partial charge is 0.467 e. The highest BCUT2D eigenvalue weighted by atomic mass is 19.1. The number of nitriles is 1. The second-order valence-electron chi connectivity index (χ2n) is 19.5. The predicted octanol–water partition coefficient (Wildman–Crippen LogP) is 7.54. The highest BCUT2D eigenvalue weighted by molar-refractivity contribution is 5.98. The normalized spacial score (nSPS) is 19.2. The standard InChI is InChI=1S/C55H54FN9O7/c1-7-34-37-22-45-49-38(25-65(45)52(67)39(37)27-71-53(34)68)48-41(15-14-35-30(4)40(56)23-42(58-49)47(35)48)60-55(69)72-31(5)29(3)51(66)64-21-20-63(24-33(64)16-18-57)50-36-17-19-62(26-43(36)59-54(61-50)70-6)44-13-9-12-32-11-8-10-28(2)46(32)44/h8-13,22-23,31,33-34,41H,3,7,14-17,19-21,24-27H2,1-2,4-6H3,(H,60,69). The number of carbonyl (C=O) groups is 3. The zero-order valence-corrected chi connectivity index (χ0v) is 40.9. The minimum atomic E-state index is -1.05. The number of aromatic nitrogens is 4. The minimum Gasteiger partial charge on any atom is -0.467 e. The Labute approximate surface area is 415 Å². The first-order valence-corrected chi connectivity index (χ1v) is 24.6.